The molecule has 86 valence electrons. The summed E-state index contributed by atoms with van der Waals surface area (Å²) in [6.07, 6.45) is 1.66. The van der Waals surface area contributed by atoms with Gasteiger partial charge < -0.3 is 10.2 Å². The lowest BCUT2D eigenvalue weighted by molar-refractivity contribution is 0.238. The predicted molar refractivity (Wildman–Crippen MR) is 67.8 cm³/mol. The Hall–Kier alpha value is -2.00. The molecular formula is C15H14O2. The molecule has 2 unspecified atom stereocenters. The molecule has 2 nitrogen and oxygen atoms in total. The summed E-state index contributed by atoms with van der Waals surface area (Å²) in [5.41, 5.74) is 0.767. The molecule has 0 saturated heterocycles. The number of aliphatic hydroxyl groups is 2. The van der Waals surface area contributed by atoms with Crippen LogP contribution in [0.4, 0.5) is 0 Å². The molecule has 1 aromatic rings. The Morgan fingerprint density at radius 2 is 1.59 bits per heavy atom. The minimum Gasteiger partial charge on any atom is -0.381 e. The highest BCUT2D eigenvalue weighted by Gasteiger charge is 1.99. The lowest BCUT2D eigenvalue weighted by atomic mass is 10.1. The minimum absolute atomic E-state index is 0.637. The zero-order chi connectivity index (χ0) is 12.5. The van der Waals surface area contributed by atoms with E-state index in [-0.39, 0.29) is 0 Å². The van der Waals surface area contributed by atoms with Gasteiger partial charge in [-0.25, -0.2) is 0 Å². The number of aliphatic hydroxyl groups excluding tert-OH is 2. The lowest BCUT2D eigenvalue weighted by Crippen LogP contribution is -1.92. The first-order valence-corrected chi connectivity index (χ1v) is 5.28. The number of hydrogen-bond acceptors (Lipinski definition) is 2. The molecular weight excluding hydrogens is 212 g/mol. The van der Waals surface area contributed by atoms with E-state index in [9.17, 15) is 5.11 Å². The van der Waals surface area contributed by atoms with Gasteiger partial charge in [0.05, 0.1) is 0 Å². The Morgan fingerprint density at radius 3 is 2.18 bits per heavy atom. The molecule has 2 atom stereocenters. The van der Waals surface area contributed by atoms with Gasteiger partial charge in [0.15, 0.2) is 0 Å². The highest BCUT2D eigenvalue weighted by Crippen LogP contribution is 2.09. The Bertz CT molecular complexity index is 478. The van der Waals surface area contributed by atoms with Crippen molar-refractivity contribution in [1.82, 2.24) is 0 Å². The quantitative estimate of drug-likeness (QED) is 0.715. The van der Waals surface area contributed by atoms with Gasteiger partial charge in [0.25, 0.3) is 0 Å². The van der Waals surface area contributed by atoms with Crippen LogP contribution in [-0.4, -0.2) is 16.3 Å². The fourth-order valence-electron chi connectivity index (χ4n) is 1.10. The first-order valence-electron chi connectivity index (χ1n) is 5.28. The van der Waals surface area contributed by atoms with Crippen LogP contribution >= 0.6 is 0 Å². The van der Waals surface area contributed by atoms with E-state index >= 15 is 0 Å². The predicted octanol–water partition coefficient (Wildman–Crippen LogP) is 1.66. The summed E-state index contributed by atoms with van der Waals surface area (Å²) >= 11 is 0. The van der Waals surface area contributed by atoms with Crippen molar-refractivity contribution in [2.75, 3.05) is 0 Å². The molecule has 2 heteroatoms. The van der Waals surface area contributed by atoms with Crippen LogP contribution in [0.2, 0.25) is 0 Å². The van der Waals surface area contributed by atoms with Gasteiger partial charge in [-0.05, 0) is 24.6 Å². The molecule has 0 aliphatic rings. The Kier molecular flexibility index (Phi) is 5.61. The molecule has 0 saturated carbocycles. The Balaban J connectivity index is 2.54. The van der Waals surface area contributed by atoms with Crippen LogP contribution in [0, 0.1) is 23.7 Å². The van der Waals surface area contributed by atoms with Gasteiger partial charge in [-0.2, -0.15) is 0 Å². The van der Waals surface area contributed by atoms with Crippen LogP contribution in [0.3, 0.4) is 0 Å². The average molecular weight is 226 g/mol. The largest absolute Gasteiger partial charge is 0.381 e. The second-order valence-electron chi connectivity index (χ2n) is 3.40. The lowest BCUT2D eigenvalue weighted by Gasteiger charge is -2.01. The molecule has 2 N–H and O–H groups in total. The molecule has 0 aromatic heterocycles. The van der Waals surface area contributed by atoms with Gasteiger partial charge in [0, 0.05) is 0 Å². The maximum Gasteiger partial charge on any atom is 0.140 e. The third kappa shape index (κ3) is 5.58. The Morgan fingerprint density at radius 1 is 1.00 bits per heavy atom. The third-order valence-electron chi connectivity index (χ3n) is 1.88. The number of rotatable bonds is 1. The van der Waals surface area contributed by atoms with Gasteiger partial charge in [-0.1, -0.05) is 54.0 Å². The maximum atomic E-state index is 9.68. The SMILES string of the molecule is CC(O)C#C/C=C/C#CC(O)c1ccccc1. The fourth-order valence-corrected chi connectivity index (χ4v) is 1.10. The van der Waals surface area contributed by atoms with E-state index in [2.05, 4.69) is 23.7 Å². The van der Waals surface area contributed by atoms with Crippen molar-refractivity contribution < 1.29 is 10.2 Å². The van der Waals surface area contributed by atoms with Crippen LogP contribution in [0.15, 0.2) is 42.5 Å². The molecule has 0 aliphatic heterocycles. The molecule has 0 amide bonds. The van der Waals surface area contributed by atoms with Crippen LogP contribution in [-0.2, 0) is 0 Å². The minimum atomic E-state index is -0.787. The molecule has 0 bridgehead atoms. The van der Waals surface area contributed by atoms with Crippen molar-refractivity contribution in [3.8, 4) is 23.7 Å². The standard InChI is InChI=1S/C15H14O2/c1-13(16)9-5-2-3-8-12-15(17)14-10-6-4-7-11-14/h2-4,6-7,10-11,13,15-17H,1H3/b3-2+. The van der Waals surface area contributed by atoms with Crippen molar-refractivity contribution in [1.29, 1.82) is 0 Å². The highest BCUT2D eigenvalue weighted by atomic mass is 16.3. The first kappa shape index (κ1) is 13.1. The zero-order valence-electron chi connectivity index (χ0n) is 9.59. The summed E-state index contributed by atoms with van der Waals surface area (Å²) < 4.78 is 0. The second-order valence-corrected chi connectivity index (χ2v) is 3.40. The average Bonchev–Trinajstić information content (AvgIpc) is 2.34. The van der Waals surface area contributed by atoms with E-state index in [1.54, 1.807) is 13.0 Å². The molecule has 0 heterocycles. The fraction of sp³-hybridized carbons (Fsp3) is 0.200. The molecule has 0 spiro atoms. The van der Waals surface area contributed by atoms with Crippen LogP contribution in [0.25, 0.3) is 0 Å². The van der Waals surface area contributed by atoms with Crippen molar-refractivity contribution >= 4 is 0 Å². The van der Waals surface area contributed by atoms with Gasteiger partial charge in [0.2, 0.25) is 0 Å². The first-order chi connectivity index (χ1) is 8.20. The van der Waals surface area contributed by atoms with E-state index < -0.39 is 12.2 Å². The molecule has 0 fully saturated rings. The van der Waals surface area contributed by atoms with Crippen LogP contribution in [0.5, 0.6) is 0 Å². The number of allylic oxidation sites excluding steroid dienone is 2. The van der Waals surface area contributed by atoms with Crippen LogP contribution < -0.4 is 0 Å². The van der Waals surface area contributed by atoms with Gasteiger partial charge in [-0.15, -0.1) is 0 Å². The molecule has 0 radical (unpaired) electrons. The van der Waals surface area contributed by atoms with E-state index in [4.69, 9.17) is 5.11 Å². The topological polar surface area (TPSA) is 40.5 Å². The maximum absolute atomic E-state index is 9.68. The van der Waals surface area contributed by atoms with Crippen molar-refractivity contribution in [3.63, 3.8) is 0 Å². The summed E-state index contributed by atoms with van der Waals surface area (Å²) in [6.45, 7) is 1.59. The van der Waals surface area contributed by atoms with E-state index in [0.717, 1.165) is 5.56 Å². The normalized spacial score (nSPS) is 13.1. The van der Waals surface area contributed by atoms with E-state index in [0.29, 0.717) is 0 Å². The number of hydrogen-bond donors (Lipinski definition) is 2. The third-order valence-corrected chi connectivity index (χ3v) is 1.88. The molecule has 1 rings (SSSR count). The van der Waals surface area contributed by atoms with Gasteiger partial charge in [0.1, 0.15) is 12.2 Å². The van der Waals surface area contributed by atoms with Gasteiger partial charge in [-0.3, -0.25) is 0 Å². The van der Waals surface area contributed by atoms with Gasteiger partial charge >= 0.3 is 0 Å². The number of benzene rings is 1. The molecule has 1 aromatic carbocycles. The molecule has 0 aliphatic carbocycles. The van der Waals surface area contributed by atoms with Crippen molar-refractivity contribution in [2.24, 2.45) is 0 Å². The van der Waals surface area contributed by atoms with E-state index in [1.807, 2.05) is 30.3 Å². The summed E-state index contributed by atoms with van der Waals surface area (Å²) in [7, 11) is 0. The molecule has 17 heavy (non-hydrogen) atoms. The Labute approximate surface area is 102 Å². The smallest absolute Gasteiger partial charge is 0.140 e. The highest BCUT2D eigenvalue weighted by molar-refractivity contribution is 5.30. The van der Waals surface area contributed by atoms with Crippen LogP contribution in [0.1, 0.15) is 18.6 Å². The van der Waals surface area contributed by atoms with Crippen molar-refractivity contribution in [2.45, 2.75) is 19.1 Å². The monoisotopic (exact) mass is 226 g/mol. The van der Waals surface area contributed by atoms with Crippen molar-refractivity contribution in [3.05, 3.63) is 48.0 Å². The summed E-state index contributed by atoms with van der Waals surface area (Å²) in [6, 6.07) is 9.22. The van der Waals surface area contributed by atoms with E-state index in [1.165, 1.54) is 6.08 Å². The second kappa shape index (κ2) is 7.30. The summed E-state index contributed by atoms with van der Waals surface area (Å²) in [4.78, 5) is 0. The zero-order valence-corrected chi connectivity index (χ0v) is 9.59. The summed E-state index contributed by atoms with van der Waals surface area (Å²) in [5, 5.41) is 18.5. The summed E-state index contributed by atoms with van der Waals surface area (Å²) in [5.74, 6) is 10.6.